The molecule has 0 aliphatic carbocycles. The third-order valence-electron chi connectivity index (χ3n) is 4.46. The van der Waals surface area contributed by atoms with E-state index in [0.29, 0.717) is 5.52 Å². The molecule has 1 fully saturated rings. The van der Waals surface area contributed by atoms with Gasteiger partial charge in [0.25, 0.3) is 5.56 Å². The lowest BCUT2D eigenvalue weighted by Crippen LogP contribution is -2.20. The van der Waals surface area contributed by atoms with Crippen molar-refractivity contribution in [3.63, 3.8) is 0 Å². The fraction of sp³-hybridized carbons (Fsp3) is 0.625. The highest BCUT2D eigenvalue weighted by Crippen LogP contribution is 2.25. The van der Waals surface area contributed by atoms with Crippen LogP contribution in [0.15, 0.2) is 17.3 Å². The molecule has 1 atom stereocenters. The summed E-state index contributed by atoms with van der Waals surface area (Å²) in [5.41, 5.74) is 2.43. The second kappa shape index (κ2) is 6.02. The van der Waals surface area contributed by atoms with Gasteiger partial charge in [0.2, 0.25) is 0 Å². The van der Waals surface area contributed by atoms with Crippen LogP contribution in [-0.2, 0) is 6.54 Å². The van der Waals surface area contributed by atoms with E-state index in [4.69, 9.17) is 0 Å². The van der Waals surface area contributed by atoms with Gasteiger partial charge in [0, 0.05) is 24.8 Å². The van der Waals surface area contributed by atoms with Crippen molar-refractivity contribution in [3.8, 4) is 0 Å². The number of hydrogen-bond donors (Lipinski definition) is 2. The van der Waals surface area contributed by atoms with Crippen LogP contribution in [-0.4, -0.2) is 32.9 Å². The normalized spacial score (nSPS) is 19.9. The predicted octanol–water partition coefficient (Wildman–Crippen LogP) is 2.51. The molecule has 0 amide bonds. The highest BCUT2D eigenvalue weighted by molar-refractivity contribution is 5.77. The van der Waals surface area contributed by atoms with Crippen molar-refractivity contribution < 1.29 is 0 Å². The molecule has 114 valence electrons. The number of H-pyrrole nitrogens is 2. The Morgan fingerprint density at radius 1 is 1.43 bits per heavy atom. The van der Waals surface area contributed by atoms with Crippen molar-refractivity contribution in [2.75, 3.05) is 13.1 Å². The Kier molecular flexibility index (Phi) is 4.10. The van der Waals surface area contributed by atoms with Crippen molar-refractivity contribution in [2.45, 2.75) is 39.7 Å². The van der Waals surface area contributed by atoms with E-state index in [0.717, 1.165) is 36.0 Å². The Morgan fingerprint density at radius 3 is 3.10 bits per heavy atom. The van der Waals surface area contributed by atoms with Crippen LogP contribution >= 0.6 is 0 Å². The first-order valence-electron chi connectivity index (χ1n) is 7.89. The molecular weight excluding hydrogens is 264 g/mol. The number of aromatic amines is 2. The molecule has 5 nitrogen and oxygen atoms in total. The molecule has 2 N–H and O–H groups in total. The maximum atomic E-state index is 11.7. The fourth-order valence-electron chi connectivity index (χ4n) is 3.23. The molecule has 0 aromatic carbocycles. The zero-order chi connectivity index (χ0) is 14.8. The average molecular weight is 288 g/mol. The molecule has 2 aromatic heterocycles. The Hall–Kier alpha value is -1.62. The second-order valence-electron chi connectivity index (χ2n) is 6.63. The highest BCUT2D eigenvalue weighted by atomic mass is 16.1. The van der Waals surface area contributed by atoms with E-state index >= 15 is 0 Å². The Bertz CT molecular complexity index is 658. The standard InChI is InChI=1S/C16H24N4O/c1-11(2)3-4-12-5-6-20(8-12)9-13-7-17-15-14(13)18-10-19-16(15)21/h7,10-12,17H,3-6,8-9H2,1-2H3,(H,18,19,21). The lowest BCUT2D eigenvalue weighted by atomic mass is 9.97. The Balaban J connectivity index is 1.64. The maximum Gasteiger partial charge on any atom is 0.275 e. The summed E-state index contributed by atoms with van der Waals surface area (Å²) < 4.78 is 0. The zero-order valence-electron chi connectivity index (χ0n) is 12.9. The van der Waals surface area contributed by atoms with Crippen LogP contribution in [0.25, 0.3) is 11.0 Å². The van der Waals surface area contributed by atoms with Gasteiger partial charge in [0.05, 0.1) is 11.8 Å². The molecule has 5 heteroatoms. The highest BCUT2D eigenvalue weighted by Gasteiger charge is 2.23. The third kappa shape index (κ3) is 3.18. The number of nitrogens with one attached hydrogen (secondary N) is 2. The molecule has 0 saturated carbocycles. The minimum atomic E-state index is -0.0949. The average Bonchev–Trinajstić information content (AvgIpc) is 3.06. The topological polar surface area (TPSA) is 64.8 Å². The molecule has 1 aliphatic heterocycles. The van der Waals surface area contributed by atoms with Crippen LogP contribution in [0.5, 0.6) is 0 Å². The SMILES string of the molecule is CC(C)CCC1CCN(Cc2c[nH]c3c(=O)[nH]cnc23)C1. The summed E-state index contributed by atoms with van der Waals surface area (Å²) >= 11 is 0. The number of rotatable bonds is 5. The number of hydrogen-bond acceptors (Lipinski definition) is 3. The minimum Gasteiger partial charge on any atom is -0.355 e. The van der Waals surface area contributed by atoms with Crippen LogP contribution in [0.1, 0.15) is 38.7 Å². The van der Waals surface area contributed by atoms with Gasteiger partial charge in [-0.25, -0.2) is 4.98 Å². The van der Waals surface area contributed by atoms with Crippen molar-refractivity contribution in [1.82, 2.24) is 19.9 Å². The first-order chi connectivity index (χ1) is 10.1. The summed E-state index contributed by atoms with van der Waals surface area (Å²) in [6.45, 7) is 7.79. The van der Waals surface area contributed by atoms with E-state index in [1.807, 2.05) is 6.20 Å². The van der Waals surface area contributed by atoms with E-state index in [-0.39, 0.29) is 5.56 Å². The predicted molar refractivity (Wildman–Crippen MR) is 84.2 cm³/mol. The molecule has 2 aromatic rings. The Morgan fingerprint density at radius 2 is 2.29 bits per heavy atom. The van der Waals surface area contributed by atoms with Crippen molar-refractivity contribution in [1.29, 1.82) is 0 Å². The summed E-state index contributed by atoms with van der Waals surface area (Å²) in [6.07, 6.45) is 7.36. The van der Waals surface area contributed by atoms with Crippen LogP contribution < -0.4 is 5.56 Å². The largest absolute Gasteiger partial charge is 0.355 e. The van der Waals surface area contributed by atoms with Crippen molar-refractivity contribution >= 4 is 11.0 Å². The van der Waals surface area contributed by atoms with E-state index in [9.17, 15) is 4.79 Å². The number of nitrogens with zero attached hydrogens (tertiary/aromatic N) is 2. The fourth-order valence-corrected chi connectivity index (χ4v) is 3.23. The van der Waals surface area contributed by atoms with Gasteiger partial charge in [-0.05, 0) is 31.2 Å². The van der Waals surface area contributed by atoms with Crippen LogP contribution in [0.3, 0.4) is 0 Å². The molecule has 3 rings (SSSR count). The van der Waals surface area contributed by atoms with Gasteiger partial charge in [-0.15, -0.1) is 0 Å². The number of aromatic nitrogens is 3. The summed E-state index contributed by atoms with van der Waals surface area (Å²) in [5.74, 6) is 1.62. The van der Waals surface area contributed by atoms with Crippen LogP contribution in [0.2, 0.25) is 0 Å². The van der Waals surface area contributed by atoms with Gasteiger partial charge in [0.15, 0.2) is 0 Å². The minimum absolute atomic E-state index is 0.0949. The summed E-state index contributed by atoms with van der Waals surface area (Å²) in [5, 5.41) is 0. The first-order valence-corrected chi connectivity index (χ1v) is 7.89. The quantitative estimate of drug-likeness (QED) is 0.888. The zero-order valence-corrected chi connectivity index (χ0v) is 12.9. The summed E-state index contributed by atoms with van der Waals surface area (Å²) in [6, 6.07) is 0. The molecule has 3 heterocycles. The van der Waals surface area contributed by atoms with Crippen molar-refractivity contribution in [2.24, 2.45) is 11.8 Å². The lowest BCUT2D eigenvalue weighted by molar-refractivity contribution is 0.309. The first kappa shape index (κ1) is 14.3. The molecule has 0 spiro atoms. The van der Waals surface area contributed by atoms with E-state index in [1.165, 1.54) is 32.1 Å². The molecule has 21 heavy (non-hydrogen) atoms. The third-order valence-corrected chi connectivity index (χ3v) is 4.46. The molecular formula is C16H24N4O. The van der Waals surface area contributed by atoms with Gasteiger partial charge in [-0.1, -0.05) is 20.3 Å². The van der Waals surface area contributed by atoms with Gasteiger partial charge in [-0.3, -0.25) is 9.69 Å². The van der Waals surface area contributed by atoms with Gasteiger partial charge < -0.3 is 9.97 Å². The monoisotopic (exact) mass is 288 g/mol. The van der Waals surface area contributed by atoms with Crippen LogP contribution in [0, 0.1) is 11.8 Å². The summed E-state index contributed by atoms with van der Waals surface area (Å²) in [7, 11) is 0. The van der Waals surface area contributed by atoms with E-state index in [2.05, 4.69) is 33.7 Å². The number of likely N-dealkylation sites (tertiary alicyclic amines) is 1. The number of fused-ring (bicyclic) bond motifs is 1. The van der Waals surface area contributed by atoms with Gasteiger partial charge in [-0.2, -0.15) is 0 Å². The smallest absolute Gasteiger partial charge is 0.275 e. The molecule has 1 aliphatic rings. The lowest BCUT2D eigenvalue weighted by Gasteiger charge is -2.15. The van der Waals surface area contributed by atoms with E-state index in [1.54, 1.807) is 0 Å². The van der Waals surface area contributed by atoms with Crippen LogP contribution in [0.4, 0.5) is 0 Å². The van der Waals surface area contributed by atoms with Crippen molar-refractivity contribution in [3.05, 3.63) is 28.4 Å². The molecule has 0 bridgehead atoms. The van der Waals surface area contributed by atoms with E-state index < -0.39 is 0 Å². The maximum absolute atomic E-state index is 11.7. The summed E-state index contributed by atoms with van der Waals surface area (Å²) in [4.78, 5) is 24.1. The second-order valence-corrected chi connectivity index (χ2v) is 6.63. The molecule has 1 saturated heterocycles. The molecule has 1 unspecified atom stereocenters. The van der Waals surface area contributed by atoms with Gasteiger partial charge in [0.1, 0.15) is 5.52 Å². The molecule has 0 radical (unpaired) electrons. The Labute approximate surface area is 124 Å². The van der Waals surface area contributed by atoms with Gasteiger partial charge >= 0.3 is 0 Å².